The third kappa shape index (κ3) is 2.50. The van der Waals surface area contributed by atoms with Crippen LogP contribution in [0.2, 0.25) is 0 Å². The fourth-order valence-corrected chi connectivity index (χ4v) is 1.78. The minimum Gasteiger partial charge on any atom is -0.496 e. The summed E-state index contributed by atoms with van der Waals surface area (Å²) in [6, 6.07) is 2.48. The summed E-state index contributed by atoms with van der Waals surface area (Å²) < 4.78 is 5.27. The summed E-state index contributed by atoms with van der Waals surface area (Å²) in [5, 5.41) is 26.8. The number of benzene rings is 1. The Labute approximate surface area is 94.6 Å². The number of ether oxygens (including phenoxy) is 1. The highest BCUT2D eigenvalue weighted by molar-refractivity contribution is 9.10. The first-order valence-electron chi connectivity index (χ1n) is 3.94. The normalized spacial score (nSPS) is 9.87. The van der Waals surface area contributed by atoms with Gasteiger partial charge in [0.2, 0.25) is 0 Å². The maximum Gasteiger partial charge on any atom is 0.492 e. The zero-order chi connectivity index (χ0) is 11.6. The molecule has 0 aliphatic rings. The quantitative estimate of drug-likeness (QED) is 0.667. The lowest BCUT2D eigenvalue weighted by Gasteiger charge is -2.10. The largest absolute Gasteiger partial charge is 0.496 e. The Hall–Kier alpha value is -1.05. The van der Waals surface area contributed by atoms with Crippen LogP contribution in [-0.4, -0.2) is 35.4 Å². The summed E-state index contributed by atoms with van der Waals surface area (Å²) in [5.41, 5.74) is -0.0462. The molecule has 15 heavy (non-hydrogen) atoms. The van der Waals surface area contributed by atoms with Crippen LogP contribution in [-0.2, 0) is 0 Å². The average Bonchev–Trinajstić information content (AvgIpc) is 2.16. The Kier molecular flexibility index (Phi) is 3.73. The van der Waals surface area contributed by atoms with E-state index in [4.69, 9.17) is 19.9 Å². The number of carbonyl (C=O) groups is 1. The van der Waals surface area contributed by atoms with Gasteiger partial charge in [0.15, 0.2) is 0 Å². The summed E-state index contributed by atoms with van der Waals surface area (Å²) in [6.07, 6.45) is 0. The van der Waals surface area contributed by atoms with Gasteiger partial charge in [-0.25, -0.2) is 4.79 Å². The lowest BCUT2D eigenvalue weighted by atomic mass is 9.78. The molecule has 0 saturated heterocycles. The predicted octanol–water partition coefficient (Wildman–Crippen LogP) is -0.164. The lowest BCUT2D eigenvalue weighted by Crippen LogP contribution is -2.32. The minimum atomic E-state index is -1.78. The van der Waals surface area contributed by atoms with Crippen LogP contribution in [0.1, 0.15) is 10.4 Å². The summed E-state index contributed by atoms with van der Waals surface area (Å²) >= 11 is 3.08. The van der Waals surface area contributed by atoms with Crippen LogP contribution in [0.5, 0.6) is 5.75 Å². The van der Waals surface area contributed by atoms with Crippen LogP contribution in [0.15, 0.2) is 16.6 Å². The fourth-order valence-electron chi connectivity index (χ4n) is 1.15. The molecule has 0 fully saturated rings. The van der Waals surface area contributed by atoms with E-state index >= 15 is 0 Å². The monoisotopic (exact) mass is 274 g/mol. The number of hydrogen-bond donors (Lipinski definition) is 3. The Morgan fingerprint density at radius 1 is 1.47 bits per heavy atom. The number of halogens is 1. The van der Waals surface area contributed by atoms with E-state index in [9.17, 15) is 4.79 Å². The summed E-state index contributed by atoms with van der Waals surface area (Å²) in [6.45, 7) is 0. The van der Waals surface area contributed by atoms with Crippen molar-refractivity contribution in [3.05, 3.63) is 22.2 Å². The SMILES string of the molecule is COc1c(Br)cc(C(=O)O)cc1B(O)O. The van der Waals surface area contributed by atoms with E-state index in [0.717, 1.165) is 6.07 Å². The molecule has 0 aliphatic heterocycles. The molecule has 80 valence electrons. The van der Waals surface area contributed by atoms with Gasteiger partial charge in [-0.1, -0.05) is 0 Å². The molecule has 7 heteroatoms. The van der Waals surface area contributed by atoms with Crippen molar-refractivity contribution in [1.29, 1.82) is 0 Å². The van der Waals surface area contributed by atoms with Crippen LogP contribution < -0.4 is 10.2 Å². The average molecular weight is 275 g/mol. The van der Waals surface area contributed by atoms with Gasteiger partial charge in [0.25, 0.3) is 0 Å². The lowest BCUT2D eigenvalue weighted by molar-refractivity contribution is 0.0697. The molecule has 0 amide bonds. The van der Waals surface area contributed by atoms with Crippen molar-refractivity contribution in [2.75, 3.05) is 7.11 Å². The van der Waals surface area contributed by atoms with Crippen LogP contribution in [0.4, 0.5) is 0 Å². The number of aromatic carboxylic acids is 1. The maximum atomic E-state index is 10.7. The molecule has 0 saturated carbocycles. The molecule has 0 atom stereocenters. The van der Waals surface area contributed by atoms with Crippen LogP contribution in [0.25, 0.3) is 0 Å². The molecule has 0 aromatic heterocycles. The van der Waals surface area contributed by atoms with Gasteiger partial charge >= 0.3 is 13.1 Å². The molecular weight excluding hydrogens is 267 g/mol. The zero-order valence-corrected chi connectivity index (χ0v) is 9.35. The first-order chi connectivity index (χ1) is 6.97. The van der Waals surface area contributed by atoms with Crippen molar-refractivity contribution in [2.24, 2.45) is 0 Å². The Morgan fingerprint density at radius 3 is 2.47 bits per heavy atom. The van der Waals surface area contributed by atoms with Crippen molar-refractivity contribution < 1.29 is 24.7 Å². The van der Waals surface area contributed by atoms with Gasteiger partial charge in [-0.05, 0) is 28.1 Å². The van der Waals surface area contributed by atoms with E-state index in [1.807, 2.05) is 0 Å². The molecule has 0 radical (unpaired) electrons. The van der Waals surface area contributed by atoms with E-state index in [0.29, 0.717) is 4.47 Å². The summed E-state index contributed by atoms with van der Waals surface area (Å²) in [4.78, 5) is 10.7. The standard InChI is InChI=1S/C8H8BBrO5/c1-15-7-5(9(13)14)2-4(8(11)12)3-6(7)10/h2-3,13-14H,1H3,(H,11,12). The highest BCUT2D eigenvalue weighted by Gasteiger charge is 2.21. The van der Waals surface area contributed by atoms with E-state index < -0.39 is 13.1 Å². The first kappa shape index (κ1) is 12.0. The fraction of sp³-hybridized carbons (Fsp3) is 0.125. The highest BCUT2D eigenvalue weighted by Crippen LogP contribution is 2.24. The predicted molar refractivity (Wildman–Crippen MR) is 57.5 cm³/mol. The highest BCUT2D eigenvalue weighted by atomic mass is 79.9. The number of methoxy groups -OCH3 is 1. The molecule has 1 aromatic rings. The first-order valence-corrected chi connectivity index (χ1v) is 4.73. The molecule has 0 heterocycles. The van der Waals surface area contributed by atoms with Gasteiger partial charge in [-0.2, -0.15) is 0 Å². The Morgan fingerprint density at radius 2 is 2.07 bits per heavy atom. The van der Waals surface area contributed by atoms with Crippen molar-refractivity contribution in [3.63, 3.8) is 0 Å². The van der Waals surface area contributed by atoms with Crippen LogP contribution >= 0.6 is 15.9 Å². The second kappa shape index (κ2) is 4.65. The van der Waals surface area contributed by atoms with Gasteiger partial charge in [0.05, 0.1) is 17.1 Å². The summed E-state index contributed by atoms with van der Waals surface area (Å²) in [7, 11) is -0.428. The minimum absolute atomic E-state index is 0.00396. The third-order valence-corrected chi connectivity index (χ3v) is 2.39. The van der Waals surface area contributed by atoms with E-state index in [2.05, 4.69) is 15.9 Å². The van der Waals surface area contributed by atoms with Crippen molar-refractivity contribution in [2.45, 2.75) is 0 Å². The Bertz CT molecular complexity index is 393. The van der Waals surface area contributed by atoms with Gasteiger partial charge in [0, 0.05) is 5.46 Å². The van der Waals surface area contributed by atoms with E-state index in [-0.39, 0.29) is 16.8 Å². The maximum absolute atomic E-state index is 10.7. The second-order valence-electron chi connectivity index (χ2n) is 2.76. The van der Waals surface area contributed by atoms with Gasteiger partial charge in [0.1, 0.15) is 5.75 Å². The number of carboxylic acid groups (broad SMARTS) is 1. The van der Waals surface area contributed by atoms with E-state index in [1.165, 1.54) is 13.2 Å². The molecule has 1 aromatic carbocycles. The van der Waals surface area contributed by atoms with Crippen LogP contribution in [0, 0.1) is 0 Å². The second-order valence-corrected chi connectivity index (χ2v) is 3.61. The smallest absolute Gasteiger partial charge is 0.492 e. The van der Waals surface area contributed by atoms with Gasteiger partial charge in [-0.3, -0.25) is 0 Å². The van der Waals surface area contributed by atoms with Crippen molar-refractivity contribution >= 4 is 34.5 Å². The topological polar surface area (TPSA) is 87.0 Å². The Balaban J connectivity index is 3.38. The molecule has 0 spiro atoms. The molecule has 3 N–H and O–H groups in total. The number of hydrogen-bond acceptors (Lipinski definition) is 4. The van der Waals surface area contributed by atoms with Gasteiger partial charge in [-0.15, -0.1) is 0 Å². The molecule has 0 aliphatic carbocycles. The van der Waals surface area contributed by atoms with E-state index in [1.54, 1.807) is 0 Å². The van der Waals surface area contributed by atoms with Gasteiger partial charge < -0.3 is 19.9 Å². The van der Waals surface area contributed by atoms with Crippen LogP contribution in [0.3, 0.4) is 0 Å². The molecule has 5 nitrogen and oxygen atoms in total. The summed E-state index contributed by atoms with van der Waals surface area (Å²) in [5.74, 6) is -0.949. The number of rotatable bonds is 3. The molecule has 0 unspecified atom stereocenters. The number of carboxylic acids is 1. The van der Waals surface area contributed by atoms with Crippen molar-refractivity contribution in [3.8, 4) is 5.75 Å². The third-order valence-electron chi connectivity index (χ3n) is 1.80. The molecule has 1 rings (SSSR count). The van der Waals surface area contributed by atoms with Crippen molar-refractivity contribution in [1.82, 2.24) is 0 Å². The molecular formula is C8H8BBrO5. The zero-order valence-electron chi connectivity index (χ0n) is 7.77. The molecule has 0 bridgehead atoms.